The van der Waals surface area contributed by atoms with E-state index in [-0.39, 0.29) is 11.5 Å². The van der Waals surface area contributed by atoms with E-state index >= 15 is 0 Å². The maximum atomic E-state index is 12.0. The molecule has 0 spiro atoms. The SMILES string of the molecule is Cc1ccc(COC(=O)c2ccc(S(=O)(=O)N(C)C)cc2)cc1. The molecule has 0 heterocycles. The number of rotatable bonds is 5. The van der Waals surface area contributed by atoms with Crippen LogP contribution in [0.4, 0.5) is 0 Å². The number of esters is 1. The zero-order chi connectivity index (χ0) is 17.0. The first kappa shape index (κ1) is 17.2. The molecule has 0 aliphatic rings. The van der Waals surface area contributed by atoms with Gasteiger partial charge in [-0.05, 0) is 36.8 Å². The van der Waals surface area contributed by atoms with Gasteiger partial charge in [-0.15, -0.1) is 0 Å². The van der Waals surface area contributed by atoms with Crippen molar-refractivity contribution in [3.05, 3.63) is 65.2 Å². The highest BCUT2D eigenvalue weighted by Gasteiger charge is 2.17. The van der Waals surface area contributed by atoms with Gasteiger partial charge in [-0.1, -0.05) is 29.8 Å². The summed E-state index contributed by atoms with van der Waals surface area (Å²) in [5.74, 6) is -0.487. The van der Waals surface area contributed by atoms with Gasteiger partial charge in [0.25, 0.3) is 0 Å². The summed E-state index contributed by atoms with van der Waals surface area (Å²) < 4.78 is 30.3. The minimum atomic E-state index is -3.50. The second-order valence-corrected chi connectivity index (χ2v) is 7.53. The van der Waals surface area contributed by atoms with E-state index < -0.39 is 16.0 Å². The first-order chi connectivity index (χ1) is 10.8. The number of carbonyl (C=O) groups excluding carboxylic acids is 1. The predicted octanol–water partition coefficient (Wildman–Crippen LogP) is 2.60. The average molecular weight is 333 g/mol. The third-order valence-corrected chi connectivity index (χ3v) is 5.19. The molecule has 0 fully saturated rings. The Kier molecular flexibility index (Phi) is 5.18. The summed E-state index contributed by atoms with van der Waals surface area (Å²) in [5, 5.41) is 0. The van der Waals surface area contributed by atoms with Crippen LogP contribution in [-0.4, -0.2) is 32.8 Å². The van der Waals surface area contributed by atoms with E-state index in [1.807, 2.05) is 31.2 Å². The molecule has 0 saturated heterocycles. The largest absolute Gasteiger partial charge is 0.457 e. The van der Waals surface area contributed by atoms with Crippen LogP contribution >= 0.6 is 0 Å². The van der Waals surface area contributed by atoms with Gasteiger partial charge < -0.3 is 4.74 Å². The second-order valence-electron chi connectivity index (χ2n) is 5.37. The van der Waals surface area contributed by atoms with Crippen LogP contribution in [0.3, 0.4) is 0 Å². The van der Waals surface area contributed by atoms with Crippen molar-refractivity contribution in [1.82, 2.24) is 4.31 Å². The van der Waals surface area contributed by atoms with Gasteiger partial charge in [0.05, 0.1) is 10.5 Å². The summed E-state index contributed by atoms with van der Waals surface area (Å²) in [5.41, 5.74) is 2.35. The Morgan fingerprint density at radius 3 is 2.09 bits per heavy atom. The highest BCUT2D eigenvalue weighted by molar-refractivity contribution is 7.89. The minimum Gasteiger partial charge on any atom is -0.457 e. The van der Waals surface area contributed by atoms with Crippen LogP contribution < -0.4 is 0 Å². The molecule has 23 heavy (non-hydrogen) atoms. The molecular weight excluding hydrogens is 314 g/mol. The smallest absolute Gasteiger partial charge is 0.338 e. The molecule has 0 bridgehead atoms. The van der Waals surface area contributed by atoms with Crippen LogP contribution in [0.5, 0.6) is 0 Å². The Balaban J connectivity index is 2.04. The Bertz CT molecular complexity index is 778. The van der Waals surface area contributed by atoms with Gasteiger partial charge >= 0.3 is 5.97 Å². The van der Waals surface area contributed by atoms with E-state index in [2.05, 4.69) is 0 Å². The number of hydrogen-bond acceptors (Lipinski definition) is 4. The summed E-state index contributed by atoms with van der Waals surface area (Å²) >= 11 is 0. The minimum absolute atomic E-state index is 0.137. The van der Waals surface area contributed by atoms with Crippen molar-refractivity contribution in [3.8, 4) is 0 Å². The number of sulfonamides is 1. The molecule has 0 N–H and O–H groups in total. The summed E-state index contributed by atoms with van der Waals surface area (Å²) in [4.78, 5) is 12.1. The van der Waals surface area contributed by atoms with E-state index in [4.69, 9.17) is 4.74 Å². The highest BCUT2D eigenvalue weighted by atomic mass is 32.2. The van der Waals surface area contributed by atoms with Crippen LogP contribution in [0.2, 0.25) is 0 Å². The van der Waals surface area contributed by atoms with Crippen molar-refractivity contribution in [3.63, 3.8) is 0 Å². The van der Waals surface area contributed by atoms with E-state index in [9.17, 15) is 13.2 Å². The lowest BCUT2D eigenvalue weighted by Gasteiger charge is -2.11. The van der Waals surface area contributed by atoms with Crippen molar-refractivity contribution >= 4 is 16.0 Å². The molecule has 0 aliphatic heterocycles. The molecule has 6 heteroatoms. The summed E-state index contributed by atoms with van der Waals surface area (Å²) in [6.45, 7) is 2.16. The number of ether oxygens (including phenoxy) is 1. The summed E-state index contributed by atoms with van der Waals surface area (Å²) in [6, 6.07) is 13.4. The molecular formula is C17H19NO4S. The van der Waals surface area contributed by atoms with Crippen LogP contribution in [0.15, 0.2) is 53.4 Å². The van der Waals surface area contributed by atoms with Gasteiger partial charge in [-0.2, -0.15) is 0 Å². The number of benzene rings is 2. The lowest BCUT2D eigenvalue weighted by Crippen LogP contribution is -2.22. The van der Waals surface area contributed by atoms with Crippen molar-refractivity contribution in [1.29, 1.82) is 0 Å². The van der Waals surface area contributed by atoms with E-state index in [0.717, 1.165) is 15.4 Å². The van der Waals surface area contributed by atoms with Gasteiger partial charge in [-0.25, -0.2) is 17.5 Å². The van der Waals surface area contributed by atoms with Crippen LogP contribution in [0.25, 0.3) is 0 Å². The lowest BCUT2D eigenvalue weighted by molar-refractivity contribution is 0.0472. The Labute approximate surface area is 136 Å². The van der Waals surface area contributed by atoms with Crippen molar-refractivity contribution < 1.29 is 17.9 Å². The number of carbonyl (C=O) groups is 1. The Morgan fingerprint density at radius 2 is 1.57 bits per heavy atom. The van der Waals surface area contributed by atoms with Gasteiger partial charge in [0, 0.05) is 14.1 Å². The fraction of sp³-hybridized carbons (Fsp3) is 0.235. The third-order valence-electron chi connectivity index (χ3n) is 3.36. The maximum absolute atomic E-state index is 12.0. The van der Waals surface area contributed by atoms with Crippen molar-refractivity contribution in [2.24, 2.45) is 0 Å². The second kappa shape index (κ2) is 6.93. The normalized spacial score (nSPS) is 11.5. The topological polar surface area (TPSA) is 63.7 Å². The number of hydrogen-bond donors (Lipinski definition) is 0. The van der Waals surface area contributed by atoms with E-state index in [0.29, 0.717) is 5.56 Å². The fourth-order valence-corrected chi connectivity index (χ4v) is 2.79. The molecule has 2 rings (SSSR count). The zero-order valence-electron chi connectivity index (χ0n) is 13.3. The Morgan fingerprint density at radius 1 is 1.00 bits per heavy atom. The molecule has 5 nitrogen and oxygen atoms in total. The molecule has 0 unspecified atom stereocenters. The molecule has 0 amide bonds. The quantitative estimate of drug-likeness (QED) is 0.789. The molecule has 0 radical (unpaired) electrons. The zero-order valence-corrected chi connectivity index (χ0v) is 14.1. The van der Waals surface area contributed by atoms with E-state index in [1.54, 1.807) is 0 Å². The highest BCUT2D eigenvalue weighted by Crippen LogP contribution is 2.15. The monoisotopic (exact) mass is 333 g/mol. The molecule has 0 saturated carbocycles. The van der Waals surface area contributed by atoms with Crippen LogP contribution in [0, 0.1) is 6.92 Å². The number of aryl methyl sites for hydroxylation is 1. The van der Waals surface area contributed by atoms with Gasteiger partial charge in [0.1, 0.15) is 6.61 Å². The summed E-state index contributed by atoms with van der Waals surface area (Å²) in [6.07, 6.45) is 0. The van der Waals surface area contributed by atoms with Crippen LogP contribution in [0.1, 0.15) is 21.5 Å². The molecule has 0 atom stereocenters. The first-order valence-corrected chi connectivity index (χ1v) is 8.50. The lowest BCUT2D eigenvalue weighted by atomic mass is 10.2. The third kappa shape index (κ3) is 4.18. The average Bonchev–Trinajstić information content (AvgIpc) is 2.54. The fourth-order valence-electron chi connectivity index (χ4n) is 1.89. The predicted molar refractivity (Wildman–Crippen MR) is 87.6 cm³/mol. The Hall–Kier alpha value is -2.18. The molecule has 2 aromatic rings. The van der Waals surface area contributed by atoms with Gasteiger partial charge in [0.15, 0.2) is 0 Å². The molecule has 122 valence electrons. The molecule has 0 aromatic heterocycles. The van der Waals surface area contributed by atoms with Gasteiger partial charge in [-0.3, -0.25) is 0 Å². The van der Waals surface area contributed by atoms with Crippen molar-refractivity contribution in [2.45, 2.75) is 18.4 Å². The van der Waals surface area contributed by atoms with Crippen LogP contribution in [-0.2, 0) is 21.4 Å². The first-order valence-electron chi connectivity index (χ1n) is 7.06. The maximum Gasteiger partial charge on any atom is 0.338 e. The number of nitrogens with zero attached hydrogens (tertiary/aromatic N) is 1. The standard InChI is InChI=1S/C17H19NO4S/c1-13-4-6-14(7-5-13)12-22-17(19)15-8-10-16(11-9-15)23(20,21)18(2)3/h4-11H,12H2,1-3H3. The van der Waals surface area contributed by atoms with Gasteiger partial charge in [0.2, 0.25) is 10.0 Å². The molecule has 0 aliphatic carbocycles. The van der Waals surface area contributed by atoms with Crippen molar-refractivity contribution in [2.75, 3.05) is 14.1 Å². The summed E-state index contributed by atoms with van der Waals surface area (Å²) in [7, 11) is -0.583. The molecule has 2 aromatic carbocycles. The van der Waals surface area contributed by atoms with E-state index in [1.165, 1.54) is 38.4 Å².